The fourth-order valence-electron chi connectivity index (χ4n) is 2.30. The molecule has 4 heteroatoms. The van der Waals surface area contributed by atoms with Crippen LogP contribution in [0.4, 0.5) is 0 Å². The molecule has 0 aromatic heterocycles. The zero-order valence-electron chi connectivity index (χ0n) is 9.80. The minimum Gasteiger partial charge on any atom is -0.508 e. The number of phenols is 1. The summed E-state index contributed by atoms with van der Waals surface area (Å²) >= 11 is 0. The normalized spacial score (nSPS) is 17.5. The number of para-hydroxylation sites is 1. The van der Waals surface area contributed by atoms with E-state index in [1.54, 1.807) is 12.1 Å². The topological polar surface area (TPSA) is 66.6 Å². The van der Waals surface area contributed by atoms with E-state index < -0.39 is 0 Å². The molecule has 4 nitrogen and oxygen atoms in total. The largest absolute Gasteiger partial charge is 0.508 e. The van der Waals surface area contributed by atoms with E-state index in [1.165, 1.54) is 0 Å². The summed E-state index contributed by atoms with van der Waals surface area (Å²) in [7, 11) is 0. The molecule has 1 unspecified atom stereocenters. The Labute approximate surface area is 101 Å². The molecule has 2 rings (SSSR count). The van der Waals surface area contributed by atoms with Crippen molar-refractivity contribution in [2.75, 3.05) is 19.6 Å². The van der Waals surface area contributed by atoms with E-state index in [2.05, 4.69) is 0 Å². The second-order valence-electron chi connectivity index (χ2n) is 4.43. The number of benzene rings is 1. The van der Waals surface area contributed by atoms with E-state index in [0.717, 1.165) is 18.5 Å². The van der Waals surface area contributed by atoms with Crippen LogP contribution in [0.15, 0.2) is 24.3 Å². The Bertz CT molecular complexity index is 406. The Morgan fingerprint density at radius 1 is 1.41 bits per heavy atom. The van der Waals surface area contributed by atoms with E-state index in [0.29, 0.717) is 19.5 Å². The lowest BCUT2D eigenvalue weighted by atomic mass is 9.97. The van der Waals surface area contributed by atoms with Gasteiger partial charge < -0.3 is 15.7 Å². The number of nitrogens with two attached hydrogens (primary N) is 1. The molecule has 0 saturated carbocycles. The highest BCUT2D eigenvalue weighted by Crippen LogP contribution is 2.26. The fourth-order valence-corrected chi connectivity index (χ4v) is 2.30. The highest BCUT2D eigenvalue weighted by Gasteiger charge is 2.24. The Morgan fingerprint density at radius 2 is 2.18 bits per heavy atom. The third kappa shape index (κ3) is 2.58. The summed E-state index contributed by atoms with van der Waals surface area (Å²) in [6.45, 7) is 1.84. The van der Waals surface area contributed by atoms with Gasteiger partial charge >= 0.3 is 0 Å². The van der Waals surface area contributed by atoms with E-state index in [4.69, 9.17) is 5.73 Å². The van der Waals surface area contributed by atoms with Crippen LogP contribution in [0, 0.1) is 0 Å². The molecule has 92 valence electrons. The van der Waals surface area contributed by atoms with Crippen LogP contribution >= 0.6 is 0 Å². The van der Waals surface area contributed by atoms with Gasteiger partial charge in [0.15, 0.2) is 0 Å². The fraction of sp³-hybridized carbons (Fsp3) is 0.462. The molecule has 1 amide bonds. The van der Waals surface area contributed by atoms with Crippen molar-refractivity contribution in [3.05, 3.63) is 29.8 Å². The predicted molar refractivity (Wildman–Crippen MR) is 65.7 cm³/mol. The molecule has 1 aromatic carbocycles. The second-order valence-corrected chi connectivity index (χ2v) is 4.43. The summed E-state index contributed by atoms with van der Waals surface area (Å²) in [5, 5.41) is 9.79. The van der Waals surface area contributed by atoms with Gasteiger partial charge in [-0.05, 0) is 18.1 Å². The average molecular weight is 234 g/mol. The van der Waals surface area contributed by atoms with Crippen LogP contribution in [-0.4, -0.2) is 35.5 Å². The van der Waals surface area contributed by atoms with Gasteiger partial charge in [-0.25, -0.2) is 0 Å². The van der Waals surface area contributed by atoms with Gasteiger partial charge in [-0.3, -0.25) is 4.79 Å². The maximum absolute atomic E-state index is 11.6. The van der Waals surface area contributed by atoms with Crippen LogP contribution in [0.2, 0.25) is 0 Å². The van der Waals surface area contributed by atoms with Crippen molar-refractivity contribution >= 4 is 5.91 Å². The Balaban J connectivity index is 2.11. The third-order valence-corrected chi connectivity index (χ3v) is 3.27. The highest BCUT2D eigenvalue weighted by atomic mass is 16.3. The number of phenolic OH excluding ortho intramolecular Hbond substituents is 1. The summed E-state index contributed by atoms with van der Waals surface area (Å²) in [6.07, 6.45) is 1.56. The number of aromatic hydroxyl groups is 1. The lowest BCUT2D eigenvalue weighted by molar-refractivity contribution is -0.127. The number of carbonyl (C=O) groups is 1. The first-order chi connectivity index (χ1) is 8.22. The molecule has 1 aliphatic rings. The maximum Gasteiger partial charge on any atom is 0.222 e. The zero-order valence-corrected chi connectivity index (χ0v) is 9.80. The number of carbonyl (C=O) groups excluding carboxylic acids is 1. The molecule has 17 heavy (non-hydrogen) atoms. The number of hydrogen-bond donors (Lipinski definition) is 2. The monoisotopic (exact) mass is 234 g/mol. The third-order valence-electron chi connectivity index (χ3n) is 3.27. The van der Waals surface area contributed by atoms with Crippen molar-refractivity contribution in [2.24, 2.45) is 5.73 Å². The molecule has 1 fully saturated rings. The van der Waals surface area contributed by atoms with Crippen molar-refractivity contribution in [1.82, 2.24) is 4.90 Å². The summed E-state index contributed by atoms with van der Waals surface area (Å²) < 4.78 is 0. The Morgan fingerprint density at radius 3 is 2.76 bits per heavy atom. The van der Waals surface area contributed by atoms with Crippen molar-refractivity contribution in [3.8, 4) is 5.75 Å². The first-order valence-corrected chi connectivity index (χ1v) is 5.98. The van der Waals surface area contributed by atoms with E-state index in [1.807, 2.05) is 17.0 Å². The van der Waals surface area contributed by atoms with Gasteiger partial charge in [0, 0.05) is 32.0 Å². The summed E-state index contributed by atoms with van der Waals surface area (Å²) in [5.74, 6) is 0.465. The highest BCUT2D eigenvalue weighted by molar-refractivity contribution is 5.78. The van der Waals surface area contributed by atoms with Crippen LogP contribution in [0.1, 0.15) is 24.3 Å². The van der Waals surface area contributed by atoms with Crippen molar-refractivity contribution in [1.29, 1.82) is 0 Å². The molecule has 0 aliphatic carbocycles. The molecule has 1 atom stereocenters. The van der Waals surface area contributed by atoms with Gasteiger partial charge in [-0.1, -0.05) is 18.2 Å². The molecule has 1 heterocycles. The van der Waals surface area contributed by atoms with Gasteiger partial charge in [0.25, 0.3) is 0 Å². The van der Waals surface area contributed by atoms with E-state index in [9.17, 15) is 9.90 Å². The first-order valence-electron chi connectivity index (χ1n) is 5.98. The first kappa shape index (κ1) is 11.9. The molecule has 1 saturated heterocycles. The summed E-state index contributed by atoms with van der Waals surface area (Å²) in [5.41, 5.74) is 6.58. The number of nitrogens with zero attached hydrogens (tertiary/aromatic N) is 1. The van der Waals surface area contributed by atoms with Crippen molar-refractivity contribution in [3.63, 3.8) is 0 Å². The smallest absolute Gasteiger partial charge is 0.222 e. The van der Waals surface area contributed by atoms with Gasteiger partial charge in [0.05, 0.1) is 0 Å². The SMILES string of the molecule is NCC(CN1CCCC1=O)c1ccccc1O. The van der Waals surface area contributed by atoms with Crippen LogP contribution in [0.3, 0.4) is 0 Å². The minimum atomic E-state index is 0.0123. The molecular formula is C13H18N2O2. The standard InChI is InChI=1S/C13H18N2O2/c14-8-10(9-15-7-3-6-13(15)17)11-4-1-2-5-12(11)16/h1-2,4-5,10,16H,3,6-9,14H2. The molecule has 0 radical (unpaired) electrons. The molecule has 3 N–H and O–H groups in total. The number of likely N-dealkylation sites (tertiary alicyclic amines) is 1. The van der Waals surface area contributed by atoms with Crippen molar-refractivity contribution in [2.45, 2.75) is 18.8 Å². The van der Waals surface area contributed by atoms with E-state index >= 15 is 0 Å². The minimum absolute atomic E-state index is 0.0123. The summed E-state index contributed by atoms with van der Waals surface area (Å²) in [6, 6.07) is 7.19. The Kier molecular flexibility index (Phi) is 3.64. The lowest BCUT2D eigenvalue weighted by Gasteiger charge is -2.23. The van der Waals surface area contributed by atoms with Crippen molar-refractivity contribution < 1.29 is 9.90 Å². The van der Waals surface area contributed by atoms with Gasteiger partial charge in [0.2, 0.25) is 5.91 Å². The molecular weight excluding hydrogens is 216 g/mol. The molecule has 1 aromatic rings. The zero-order chi connectivity index (χ0) is 12.3. The van der Waals surface area contributed by atoms with Gasteiger partial charge in [-0.15, -0.1) is 0 Å². The molecule has 1 aliphatic heterocycles. The quantitative estimate of drug-likeness (QED) is 0.818. The molecule has 0 spiro atoms. The predicted octanol–water partition coefficient (Wildman–Crippen LogP) is 1.06. The van der Waals surface area contributed by atoms with Crippen LogP contribution < -0.4 is 5.73 Å². The van der Waals surface area contributed by atoms with E-state index in [-0.39, 0.29) is 17.6 Å². The lowest BCUT2D eigenvalue weighted by Crippen LogP contribution is -2.32. The number of amides is 1. The van der Waals surface area contributed by atoms with Crippen LogP contribution in [0.25, 0.3) is 0 Å². The van der Waals surface area contributed by atoms with Crippen LogP contribution in [-0.2, 0) is 4.79 Å². The Hall–Kier alpha value is -1.55. The van der Waals surface area contributed by atoms with Crippen LogP contribution in [0.5, 0.6) is 5.75 Å². The molecule has 0 bridgehead atoms. The number of hydrogen-bond acceptors (Lipinski definition) is 3. The maximum atomic E-state index is 11.6. The van der Waals surface area contributed by atoms with Gasteiger partial charge in [0.1, 0.15) is 5.75 Å². The second kappa shape index (κ2) is 5.19. The summed E-state index contributed by atoms with van der Waals surface area (Å²) in [4.78, 5) is 13.4. The number of rotatable bonds is 4. The van der Waals surface area contributed by atoms with Gasteiger partial charge in [-0.2, -0.15) is 0 Å². The average Bonchev–Trinajstić information content (AvgIpc) is 2.73.